The van der Waals surface area contributed by atoms with Gasteiger partial charge in [0.05, 0.1) is 12.8 Å². The zero-order valence-electron chi connectivity index (χ0n) is 13.4. The molecule has 132 valence electrons. The van der Waals surface area contributed by atoms with Gasteiger partial charge in [0.1, 0.15) is 12.4 Å². The fraction of sp³-hybridized carbons (Fsp3) is 0.438. The Kier molecular flexibility index (Phi) is 9.82. The van der Waals surface area contributed by atoms with Crippen LogP contribution >= 0.6 is 0 Å². The number of aliphatic hydroxyl groups excluding tert-OH is 1. The third-order valence-corrected chi connectivity index (χ3v) is 3.08. The fourth-order valence-electron chi connectivity index (χ4n) is 1.85. The topological polar surface area (TPSA) is 120 Å². The van der Waals surface area contributed by atoms with Crippen molar-refractivity contribution in [2.45, 2.75) is 32.1 Å². The first kappa shape index (κ1) is 19.6. The number of carbonyl (C=O) groups is 2. The van der Waals surface area contributed by atoms with Crippen LogP contribution in [-0.2, 0) is 9.59 Å². The van der Waals surface area contributed by atoms with E-state index in [1.165, 1.54) is 6.21 Å². The molecule has 0 saturated heterocycles. The number of amides is 2. The van der Waals surface area contributed by atoms with E-state index < -0.39 is 5.91 Å². The molecule has 0 saturated carbocycles. The molecule has 4 N–H and O–H groups in total. The Morgan fingerprint density at radius 3 is 2.38 bits per heavy atom. The van der Waals surface area contributed by atoms with Crippen molar-refractivity contribution >= 4 is 18.0 Å². The highest BCUT2D eigenvalue weighted by atomic mass is 16.5. The largest absolute Gasteiger partial charge is 0.491 e. The summed E-state index contributed by atoms with van der Waals surface area (Å²) in [5.41, 5.74) is 4.81. The molecule has 0 atom stereocenters. The molecule has 0 bridgehead atoms. The van der Waals surface area contributed by atoms with Gasteiger partial charge in [-0.1, -0.05) is 6.42 Å². The van der Waals surface area contributed by atoms with Crippen LogP contribution in [0.5, 0.6) is 5.75 Å². The molecule has 8 nitrogen and oxygen atoms in total. The summed E-state index contributed by atoms with van der Waals surface area (Å²) < 4.78 is 5.24. The molecule has 0 aliphatic rings. The van der Waals surface area contributed by atoms with Gasteiger partial charge in [0.15, 0.2) is 0 Å². The third-order valence-electron chi connectivity index (χ3n) is 3.08. The van der Waals surface area contributed by atoms with Gasteiger partial charge in [-0.3, -0.25) is 14.8 Å². The standard InChI is InChI=1S/C16H23N3O5/c20-10-11-24-14-8-6-13(7-9-14)12-17-18-15(21)4-2-1-3-5-16(22)19-23/h6-9,12,20,23H,1-5,10-11H2,(H,18,21)(H,19,22)/b17-12+. The van der Waals surface area contributed by atoms with E-state index in [-0.39, 0.29) is 25.5 Å². The van der Waals surface area contributed by atoms with Crippen molar-refractivity contribution in [3.05, 3.63) is 29.8 Å². The van der Waals surface area contributed by atoms with E-state index in [1.54, 1.807) is 29.7 Å². The minimum atomic E-state index is -0.420. The van der Waals surface area contributed by atoms with Crippen molar-refractivity contribution in [1.82, 2.24) is 10.9 Å². The lowest BCUT2D eigenvalue weighted by Crippen LogP contribution is -2.18. The molecule has 0 aliphatic heterocycles. The van der Waals surface area contributed by atoms with Crippen molar-refractivity contribution in [2.24, 2.45) is 5.10 Å². The second-order valence-electron chi connectivity index (χ2n) is 5.03. The number of nitrogens with zero attached hydrogens (tertiary/aromatic N) is 1. The van der Waals surface area contributed by atoms with Crippen molar-refractivity contribution in [2.75, 3.05) is 13.2 Å². The van der Waals surface area contributed by atoms with Crippen LogP contribution < -0.4 is 15.6 Å². The predicted molar refractivity (Wildman–Crippen MR) is 87.8 cm³/mol. The summed E-state index contributed by atoms with van der Waals surface area (Å²) in [5, 5.41) is 20.9. The van der Waals surface area contributed by atoms with E-state index in [0.29, 0.717) is 25.0 Å². The average molecular weight is 337 g/mol. The van der Waals surface area contributed by atoms with Gasteiger partial charge >= 0.3 is 0 Å². The van der Waals surface area contributed by atoms with Crippen LogP contribution in [0.15, 0.2) is 29.4 Å². The van der Waals surface area contributed by atoms with E-state index in [9.17, 15) is 9.59 Å². The predicted octanol–water partition coefficient (Wildman–Crippen LogP) is 0.964. The molecule has 0 heterocycles. The highest BCUT2D eigenvalue weighted by Crippen LogP contribution is 2.10. The molecule has 0 spiro atoms. The molecule has 24 heavy (non-hydrogen) atoms. The molecule has 0 aliphatic carbocycles. The molecule has 1 aromatic carbocycles. The molecular weight excluding hydrogens is 314 g/mol. The second kappa shape index (κ2) is 12.0. The number of benzene rings is 1. The van der Waals surface area contributed by atoms with Gasteiger partial charge in [-0.2, -0.15) is 5.10 Å². The molecule has 1 aromatic rings. The normalized spacial score (nSPS) is 10.6. The Balaban J connectivity index is 2.19. The van der Waals surface area contributed by atoms with Crippen molar-refractivity contribution < 1.29 is 24.6 Å². The number of carbonyl (C=O) groups excluding carboxylic acids is 2. The monoisotopic (exact) mass is 337 g/mol. The number of unbranched alkanes of at least 4 members (excludes halogenated alkanes) is 2. The van der Waals surface area contributed by atoms with E-state index in [1.807, 2.05) is 0 Å². The summed E-state index contributed by atoms with van der Waals surface area (Å²) in [5.74, 6) is 0.0395. The minimum absolute atomic E-state index is 0.0378. The van der Waals surface area contributed by atoms with E-state index in [4.69, 9.17) is 15.1 Å². The maximum absolute atomic E-state index is 11.6. The zero-order valence-corrected chi connectivity index (χ0v) is 13.4. The number of aliphatic hydroxyl groups is 1. The number of rotatable bonds is 11. The Morgan fingerprint density at radius 1 is 1.08 bits per heavy atom. The maximum atomic E-state index is 11.6. The van der Waals surface area contributed by atoms with Gasteiger partial charge in [-0.15, -0.1) is 0 Å². The lowest BCUT2D eigenvalue weighted by Gasteiger charge is -2.03. The molecule has 0 fully saturated rings. The highest BCUT2D eigenvalue weighted by Gasteiger charge is 2.01. The summed E-state index contributed by atoms with van der Waals surface area (Å²) >= 11 is 0. The molecule has 8 heteroatoms. The van der Waals surface area contributed by atoms with Crippen molar-refractivity contribution in [1.29, 1.82) is 0 Å². The first-order valence-electron chi connectivity index (χ1n) is 7.74. The SMILES string of the molecule is O=C(CCCCCC(=O)N/N=C/c1ccc(OCCO)cc1)NO. The van der Waals surface area contributed by atoms with E-state index in [2.05, 4.69) is 10.5 Å². The first-order chi connectivity index (χ1) is 11.7. The maximum Gasteiger partial charge on any atom is 0.243 e. The number of hydroxylamine groups is 1. The summed E-state index contributed by atoms with van der Waals surface area (Å²) in [6.45, 7) is 0.206. The van der Waals surface area contributed by atoms with E-state index in [0.717, 1.165) is 12.0 Å². The van der Waals surface area contributed by atoms with Gasteiger partial charge in [0.25, 0.3) is 0 Å². The Labute approximate surface area is 140 Å². The van der Waals surface area contributed by atoms with Crippen LogP contribution in [0.1, 0.15) is 37.7 Å². The smallest absolute Gasteiger partial charge is 0.243 e. The van der Waals surface area contributed by atoms with Crippen LogP contribution in [-0.4, -0.2) is 41.6 Å². The molecule has 0 radical (unpaired) electrons. The van der Waals surface area contributed by atoms with Gasteiger partial charge < -0.3 is 9.84 Å². The van der Waals surface area contributed by atoms with Gasteiger partial charge in [-0.25, -0.2) is 10.9 Å². The number of ether oxygens (including phenoxy) is 1. The summed E-state index contributed by atoms with van der Waals surface area (Å²) in [6.07, 6.45) is 4.09. The van der Waals surface area contributed by atoms with Crippen molar-refractivity contribution in [3.8, 4) is 5.75 Å². The minimum Gasteiger partial charge on any atom is -0.491 e. The van der Waals surface area contributed by atoms with Gasteiger partial charge in [-0.05, 0) is 42.7 Å². The molecular formula is C16H23N3O5. The first-order valence-corrected chi connectivity index (χ1v) is 7.74. The van der Waals surface area contributed by atoms with Crippen LogP contribution in [0.3, 0.4) is 0 Å². The zero-order chi connectivity index (χ0) is 17.6. The molecule has 0 unspecified atom stereocenters. The van der Waals surface area contributed by atoms with Gasteiger partial charge in [0.2, 0.25) is 11.8 Å². The third kappa shape index (κ3) is 8.86. The summed E-state index contributed by atoms with van der Waals surface area (Å²) in [6, 6.07) is 7.08. The number of hydrogen-bond acceptors (Lipinski definition) is 6. The molecule has 0 aromatic heterocycles. The number of nitrogens with one attached hydrogen (secondary N) is 2. The van der Waals surface area contributed by atoms with Crippen LogP contribution in [0.25, 0.3) is 0 Å². The Hall–Kier alpha value is -2.45. The average Bonchev–Trinajstić information content (AvgIpc) is 2.60. The van der Waals surface area contributed by atoms with E-state index >= 15 is 0 Å². The number of hydrazone groups is 1. The Bertz CT molecular complexity index is 531. The summed E-state index contributed by atoms with van der Waals surface area (Å²) in [7, 11) is 0. The second-order valence-corrected chi connectivity index (χ2v) is 5.03. The highest BCUT2D eigenvalue weighted by molar-refractivity contribution is 5.82. The fourth-order valence-corrected chi connectivity index (χ4v) is 1.85. The van der Waals surface area contributed by atoms with Crippen molar-refractivity contribution in [3.63, 3.8) is 0 Å². The summed E-state index contributed by atoms with van der Waals surface area (Å²) in [4.78, 5) is 22.4. The lowest BCUT2D eigenvalue weighted by molar-refractivity contribution is -0.129. The Morgan fingerprint density at radius 2 is 1.75 bits per heavy atom. The number of hydrogen-bond donors (Lipinski definition) is 4. The lowest BCUT2D eigenvalue weighted by atomic mass is 10.1. The van der Waals surface area contributed by atoms with Crippen LogP contribution in [0.2, 0.25) is 0 Å². The van der Waals surface area contributed by atoms with Gasteiger partial charge in [0, 0.05) is 12.8 Å². The molecule has 2 amide bonds. The van der Waals surface area contributed by atoms with Crippen LogP contribution in [0, 0.1) is 0 Å². The quantitative estimate of drug-likeness (QED) is 0.207. The van der Waals surface area contributed by atoms with Crippen LogP contribution in [0.4, 0.5) is 0 Å². The molecule has 1 rings (SSSR count).